The van der Waals surface area contributed by atoms with Crippen LogP contribution in [0, 0.1) is 10.5 Å². The maximum Gasteiger partial charge on any atom is 0.343 e. The fourth-order valence-corrected chi connectivity index (χ4v) is 2.92. The third-order valence-electron chi connectivity index (χ3n) is 2.69. The minimum absolute atomic E-state index is 0.230. The van der Waals surface area contributed by atoms with E-state index in [0.29, 0.717) is 9.13 Å². The van der Waals surface area contributed by atoms with E-state index < -0.39 is 16.1 Å². The summed E-state index contributed by atoms with van der Waals surface area (Å²) in [5.41, 5.74) is 1.42. The Balaban J connectivity index is 2.24. The molecule has 21 heavy (non-hydrogen) atoms. The Labute approximate surface area is 135 Å². The highest BCUT2D eigenvalue weighted by Crippen LogP contribution is 2.25. The van der Waals surface area contributed by atoms with Gasteiger partial charge in [0.25, 0.3) is 10.1 Å². The number of esters is 1. The standard InChI is InChI=1S/C14H11IO5S/c1-9-2-4-10(5-3-9)14(16)20-13-7-6-11(8-12(13)15)21(17,18)19/h2-8H,1H3,(H,17,18,19). The van der Waals surface area contributed by atoms with E-state index in [1.54, 1.807) is 24.3 Å². The van der Waals surface area contributed by atoms with E-state index in [0.717, 1.165) is 5.56 Å². The van der Waals surface area contributed by atoms with Crippen LogP contribution in [0.2, 0.25) is 0 Å². The Kier molecular flexibility index (Phi) is 4.64. The Hall–Kier alpha value is -1.45. The number of ether oxygens (including phenoxy) is 1. The molecule has 0 bridgehead atoms. The summed E-state index contributed by atoms with van der Waals surface area (Å²) in [5.74, 6) is -0.305. The second-order valence-electron chi connectivity index (χ2n) is 4.32. The molecular formula is C14H11IO5S. The van der Waals surface area contributed by atoms with Crippen molar-refractivity contribution >= 4 is 38.7 Å². The summed E-state index contributed by atoms with van der Waals surface area (Å²) >= 11 is 1.83. The predicted octanol–water partition coefficient (Wildman–Crippen LogP) is 3.07. The molecule has 2 aromatic rings. The molecule has 0 saturated carbocycles. The lowest BCUT2D eigenvalue weighted by atomic mass is 10.1. The van der Waals surface area contributed by atoms with E-state index in [1.165, 1.54) is 18.2 Å². The van der Waals surface area contributed by atoms with Gasteiger partial charge in [0.1, 0.15) is 5.75 Å². The topological polar surface area (TPSA) is 80.7 Å². The molecule has 0 aromatic heterocycles. The molecule has 0 heterocycles. The number of halogens is 1. The summed E-state index contributed by atoms with van der Waals surface area (Å²) in [4.78, 5) is 11.7. The Bertz CT molecular complexity index is 782. The second-order valence-corrected chi connectivity index (χ2v) is 6.91. The van der Waals surface area contributed by atoms with E-state index in [2.05, 4.69) is 0 Å². The van der Waals surface area contributed by atoms with E-state index in [9.17, 15) is 13.2 Å². The first-order valence-electron chi connectivity index (χ1n) is 5.83. The first kappa shape index (κ1) is 15.9. The number of aryl methyl sites for hydroxylation is 1. The molecule has 0 saturated heterocycles. The highest BCUT2D eigenvalue weighted by Gasteiger charge is 2.15. The summed E-state index contributed by atoms with van der Waals surface area (Å²) in [6, 6.07) is 10.6. The van der Waals surface area contributed by atoms with Gasteiger partial charge in [0.2, 0.25) is 0 Å². The maximum atomic E-state index is 12.0. The molecule has 0 unspecified atom stereocenters. The first-order chi connectivity index (χ1) is 9.77. The van der Waals surface area contributed by atoms with Crippen LogP contribution in [-0.2, 0) is 10.1 Å². The average molecular weight is 418 g/mol. The molecular weight excluding hydrogens is 407 g/mol. The van der Waals surface area contributed by atoms with Crippen molar-refractivity contribution in [3.63, 3.8) is 0 Å². The van der Waals surface area contributed by atoms with Gasteiger partial charge in [-0.25, -0.2) is 4.79 Å². The lowest BCUT2D eigenvalue weighted by molar-refractivity contribution is 0.0733. The summed E-state index contributed by atoms with van der Waals surface area (Å²) < 4.78 is 36.6. The fraction of sp³-hybridized carbons (Fsp3) is 0.0714. The Morgan fingerprint density at radius 3 is 2.29 bits per heavy atom. The van der Waals surface area contributed by atoms with Crippen LogP contribution in [0.3, 0.4) is 0 Å². The summed E-state index contributed by atoms with van der Waals surface area (Å²) in [6.45, 7) is 1.91. The molecule has 0 radical (unpaired) electrons. The third kappa shape index (κ3) is 4.02. The normalized spacial score (nSPS) is 11.2. The van der Waals surface area contributed by atoms with Crippen molar-refractivity contribution < 1.29 is 22.5 Å². The fourth-order valence-electron chi connectivity index (χ4n) is 1.57. The van der Waals surface area contributed by atoms with Gasteiger partial charge in [-0.05, 0) is 59.8 Å². The van der Waals surface area contributed by atoms with E-state index in [-0.39, 0.29) is 10.6 Å². The van der Waals surface area contributed by atoms with Gasteiger partial charge < -0.3 is 4.74 Å². The Morgan fingerprint density at radius 2 is 1.76 bits per heavy atom. The lowest BCUT2D eigenvalue weighted by Gasteiger charge is -2.07. The molecule has 0 aliphatic heterocycles. The van der Waals surface area contributed by atoms with Gasteiger partial charge in [0, 0.05) is 0 Å². The monoisotopic (exact) mass is 418 g/mol. The molecule has 0 fully saturated rings. The molecule has 1 N–H and O–H groups in total. The van der Waals surface area contributed by atoms with Crippen molar-refractivity contribution in [3.05, 3.63) is 57.2 Å². The quantitative estimate of drug-likeness (QED) is 0.359. The SMILES string of the molecule is Cc1ccc(C(=O)Oc2ccc(S(=O)(=O)O)cc2I)cc1. The van der Waals surface area contributed by atoms with Crippen LogP contribution >= 0.6 is 22.6 Å². The maximum absolute atomic E-state index is 12.0. The van der Waals surface area contributed by atoms with E-state index in [4.69, 9.17) is 9.29 Å². The van der Waals surface area contributed by atoms with Gasteiger partial charge in [0.05, 0.1) is 14.0 Å². The van der Waals surface area contributed by atoms with Crippen LogP contribution in [0.4, 0.5) is 0 Å². The van der Waals surface area contributed by atoms with Crippen LogP contribution in [0.25, 0.3) is 0 Å². The molecule has 110 valence electrons. The number of carbonyl (C=O) groups excluding carboxylic acids is 1. The van der Waals surface area contributed by atoms with Crippen LogP contribution in [0.15, 0.2) is 47.4 Å². The van der Waals surface area contributed by atoms with Crippen molar-refractivity contribution in [2.75, 3.05) is 0 Å². The summed E-state index contributed by atoms with van der Waals surface area (Å²) in [7, 11) is -4.27. The Morgan fingerprint density at radius 1 is 1.14 bits per heavy atom. The summed E-state index contributed by atoms with van der Waals surface area (Å²) in [5, 5.41) is 0. The zero-order chi connectivity index (χ0) is 15.6. The van der Waals surface area contributed by atoms with Gasteiger partial charge in [0.15, 0.2) is 0 Å². The van der Waals surface area contributed by atoms with Crippen LogP contribution in [0.1, 0.15) is 15.9 Å². The van der Waals surface area contributed by atoms with E-state index >= 15 is 0 Å². The van der Waals surface area contributed by atoms with Gasteiger partial charge >= 0.3 is 5.97 Å². The lowest BCUT2D eigenvalue weighted by Crippen LogP contribution is -2.09. The largest absolute Gasteiger partial charge is 0.422 e. The molecule has 0 atom stereocenters. The number of hydrogen-bond acceptors (Lipinski definition) is 4. The van der Waals surface area contributed by atoms with Gasteiger partial charge in [-0.1, -0.05) is 17.7 Å². The average Bonchev–Trinajstić information content (AvgIpc) is 2.40. The van der Waals surface area contributed by atoms with Crippen molar-refractivity contribution in [1.29, 1.82) is 0 Å². The van der Waals surface area contributed by atoms with Crippen molar-refractivity contribution in [2.24, 2.45) is 0 Å². The number of hydrogen-bond donors (Lipinski definition) is 1. The van der Waals surface area contributed by atoms with Crippen molar-refractivity contribution in [1.82, 2.24) is 0 Å². The van der Waals surface area contributed by atoms with Crippen molar-refractivity contribution in [3.8, 4) is 5.75 Å². The predicted molar refractivity (Wildman–Crippen MR) is 85.1 cm³/mol. The summed E-state index contributed by atoms with van der Waals surface area (Å²) in [6.07, 6.45) is 0. The molecule has 0 aliphatic carbocycles. The minimum Gasteiger partial charge on any atom is -0.422 e. The van der Waals surface area contributed by atoms with E-state index in [1.807, 2.05) is 29.5 Å². The highest BCUT2D eigenvalue weighted by molar-refractivity contribution is 14.1. The zero-order valence-corrected chi connectivity index (χ0v) is 13.9. The second kappa shape index (κ2) is 6.12. The molecule has 7 heteroatoms. The number of carbonyl (C=O) groups is 1. The van der Waals surface area contributed by atoms with Crippen molar-refractivity contribution in [2.45, 2.75) is 11.8 Å². The molecule has 2 rings (SSSR count). The minimum atomic E-state index is -4.27. The van der Waals surface area contributed by atoms with Gasteiger partial charge in [-0.3, -0.25) is 4.55 Å². The molecule has 2 aromatic carbocycles. The first-order valence-corrected chi connectivity index (χ1v) is 8.35. The third-order valence-corrected chi connectivity index (χ3v) is 4.38. The number of benzene rings is 2. The molecule has 5 nitrogen and oxygen atoms in total. The highest BCUT2D eigenvalue weighted by atomic mass is 127. The van der Waals surface area contributed by atoms with Crippen LogP contribution in [-0.4, -0.2) is 18.9 Å². The number of rotatable bonds is 3. The van der Waals surface area contributed by atoms with Gasteiger partial charge in [-0.2, -0.15) is 8.42 Å². The molecule has 0 spiro atoms. The zero-order valence-electron chi connectivity index (χ0n) is 10.9. The molecule has 0 amide bonds. The van der Waals surface area contributed by atoms with Crippen LogP contribution in [0.5, 0.6) is 5.75 Å². The smallest absolute Gasteiger partial charge is 0.343 e. The van der Waals surface area contributed by atoms with Gasteiger partial charge in [-0.15, -0.1) is 0 Å². The van der Waals surface area contributed by atoms with Crippen LogP contribution < -0.4 is 4.74 Å². The molecule has 0 aliphatic rings.